The van der Waals surface area contributed by atoms with Gasteiger partial charge in [-0.05, 0) is 55.8 Å². The second-order valence-electron chi connectivity index (χ2n) is 8.36. The fourth-order valence-corrected chi connectivity index (χ4v) is 3.53. The Morgan fingerprint density at radius 2 is 1.72 bits per heavy atom. The molecule has 3 aromatic rings. The van der Waals surface area contributed by atoms with Gasteiger partial charge in [0, 0.05) is 29.2 Å². The van der Waals surface area contributed by atoms with Gasteiger partial charge in [0.05, 0.1) is 6.61 Å². The Morgan fingerprint density at radius 3 is 2.33 bits per heavy atom. The molecule has 10 heteroatoms. The van der Waals surface area contributed by atoms with Crippen LogP contribution < -0.4 is 10.5 Å². The van der Waals surface area contributed by atoms with Crippen LogP contribution in [0.15, 0.2) is 59.1 Å². The molecular formula is C26H31N3O7. The minimum absolute atomic E-state index is 0.0214. The van der Waals surface area contributed by atoms with Crippen LogP contribution in [0.2, 0.25) is 0 Å². The van der Waals surface area contributed by atoms with Gasteiger partial charge in [-0.25, -0.2) is 4.79 Å². The van der Waals surface area contributed by atoms with Gasteiger partial charge < -0.3 is 25.2 Å². The Kier molecular flexibility index (Phi) is 9.18. The van der Waals surface area contributed by atoms with Crippen LogP contribution in [0, 0.1) is 0 Å². The van der Waals surface area contributed by atoms with E-state index in [1.54, 1.807) is 18.2 Å². The van der Waals surface area contributed by atoms with Gasteiger partial charge >= 0.3 is 5.97 Å². The summed E-state index contributed by atoms with van der Waals surface area (Å²) in [4.78, 5) is 24.1. The number of carboxylic acid groups (broad SMARTS) is 1. The lowest BCUT2D eigenvalue weighted by Gasteiger charge is -2.31. The molecule has 1 heterocycles. The van der Waals surface area contributed by atoms with Gasteiger partial charge in [0.15, 0.2) is 5.76 Å². The lowest BCUT2D eigenvalue weighted by Crippen LogP contribution is -2.55. The van der Waals surface area contributed by atoms with Crippen LogP contribution in [0.1, 0.15) is 49.4 Å². The summed E-state index contributed by atoms with van der Waals surface area (Å²) in [5.74, 6) is -1.49. The number of ether oxygens (including phenoxy) is 1. The minimum atomic E-state index is -2.79. The number of aliphatic carboxylic acids is 1. The van der Waals surface area contributed by atoms with Crippen LogP contribution >= 0.6 is 0 Å². The molecule has 5 N–H and O–H groups in total. The normalized spacial score (nSPS) is 12.7. The smallest absolute Gasteiger partial charge is 0.359 e. The van der Waals surface area contributed by atoms with Crippen molar-refractivity contribution < 1.29 is 34.3 Å². The highest BCUT2D eigenvalue weighted by molar-refractivity contribution is 5.96. The molecule has 0 unspecified atom stereocenters. The molecule has 192 valence electrons. The number of amides is 1. The van der Waals surface area contributed by atoms with Crippen molar-refractivity contribution in [2.24, 2.45) is 5.73 Å². The first-order valence-electron chi connectivity index (χ1n) is 11.8. The molecule has 0 radical (unpaired) electrons. The molecule has 3 rings (SSSR count). The molecule has 0 aliphatic rings. The molecule has 2 aromatic carbocycles. The lowest BCUT2D eigenvalue weighted by molar-refractivity contribution is -0.237. The molecule has 1 atom stereocenters. The predicted octanol–water partition coefficient (Wildman–Crippen LogP) is 3.92. The number of benzene rings is 2. The Hall–Kier alpha value is -3.73. The van der Waals surface area contributed by atoms with Crippen LogP contribution in [0.25, 0.3) is 22.6 Å². The number of aliphatic hydroxyl groups is 1. The van der Waals surface area contributed by atoms with Crippen LogP contribution in [0.3, 0.4) is 0 Å². The molecule has 0 fully saturated rings. The summed E-state index contributed by atoms with van der Waals surface area (Å²) >= 11 is 0. The number of hydrogen-bond acceptors (Lipinski definition) is 8. The Morgan fingerprint density at radius 1 is 1.06 bits per heavy atom. The number of unbranched alkanes of at least 4 members (excludes halogenated alkanes) is 2. The molecule has 10 nitrogen and oxygen atoms in total. The van der Waals surface area contributed by atoms with Gasteiger partial charge in [-0.15, -0.1) is 0 Å². The Labute approximate surface area is 208 Å². The summed E-state index contributed by atoms with van der Waals surface area (Å²) in [5, 5.41) is 33.7. The summed E-state index contributed by atoms with van der Waals surface area (Å²) in [6.45, 7) is 2.91. The molecule has 0 aliphatic heterocycles. The highest BCUT2D eigenvalue weighted by atomic mass is 16.6. The summed E-state index contributed by atoms with van der Waals surface area (Å²) in [6.07, 6.45) is 2.95. The van der Waals surface area contributed by atoms with Crippen molar-refractivity contribution in [3.63, 3.8) is 0 Å². The molecule has 0 aliphatic carbocycles. The summed E-state index contributed by atoms with van der Waals surface area (Å²) in [7, 11) is 0. The topological polar surface area (TPSA) is 159 Å². The first kappa shape index (κ1) is 26.9. The van der Waals surface area contributed by atoms with E-state index in [1.165, 1.54) is 12.1 Å². The van der Waals surface area contributed by atoms with E-state index in [0.29, 0.717) is 23.6 Å². The zero-order valence-corrected chi connectivity index (χ0v) is 20.1. The lowest BCUT2D eigenvalue weighted by atomic mass is 10.0. The van der Waals surface area contributed by atoms with Gasteiger partial charge in [0.1, 0.15) is 11.4 Å². The first-order chi connectivity index (χ1) is 17.3. The fourth-order valence-electron chi connectivity index (χ4n) is 3.53. The Bertz CT molecular complexity index is 1150. The van der Waals surface area contributed by atoms with E-state index in [2.05, 4.69) is 12.1 Å². The molecule has 0 saturated carbocycles. The molecular weight excluding hydrogens is 466 g/mol. The van der Waals surface area contributed by atoms with Gasteiger partial charge in [-0.2, -0.15) is 5.06 Å². The van der Waals surface area contributed by atoms with E-state index in [0.717, 1.165) is 30.6 Å². The van der Waals surface area contributed by atoms with Gasteiger partial charge in [0.25, 0.3) is 11.6 Å². The predicted molar refractivity (Wildman–Crippen MR) is 131 cm³/mol. The summed E-state index contributed by atoms with van der Waals surface area (Å²) < 4.78 is 11.2. The molecule has 1 aromatic heterocycles. The van der Waals surface area contributed by atoms with Crippen LogP contribution in [-0.2, 0) is 4.79 Å². The third kappa shape index (κ3) is 6.28. The van der Waals surface area contributed by atoms with E-state index >= 15 is 0 Å². The molecule has 0 spiro atoms. The third-order valence-electron chi connectivity index (χ3n) is 5.71. The maximum absolute atomic E-state index is 12.6. The maximum Gasteiger partial charge on any atom is 0.359 e. The van der Waals surface area contributed by atoms with E-state index in [4.69, 9.17) is 15.0 Å². The van der Waals surface area contributed by atoms with E-state index in [9.17, 15) is 25.0 Å². The molecule has 36 heavy (non-hydrogen) atoms. The largest absolute Gasteiger partial charge is 0.494 e. The van der Waals surface area contributed by atoms with E-state index in [1.807, 2.05) is 24.3 Å². The van der Waals surface area contributed by atoms with Crippen LogP contribution in [0.5, 0.6) is 5.75 Å². The van der Waals surface area contributed by atoms with Crippen molar-refractivity contribution in [2.75, 3.05) is 13.2 Å². The van der Waals surface area contributed by atoms with Crippen molar-refractivity contribution in [2.45, 2.75) is 44.8 Å². The number of rotatable bonds is 13. The third-order valence-corrected chi connectivity index (χ3v) is 5.71. The average molecular weight is 498 g/mol. The molecule has 0 saturated heterocycles. The quantitative estimate of drug-likeness (QED) is 0.119. The van der Waals surface area contributed by atoms with E-state index in [-0.39, 0.29) is 23.6 Å². The van der Waals surface area contributed by atoms with Crippen molar-refractivity contribution in [3.8, 4) is 28.3 Å². The standard InChI is InChI=1S/C26H31N3O7/c1-2-3-4-16-35-21-12-10-19(11-13-21)23-17-22(28-36-23)18-6-8-20(9-7-18)24(30)29(34)26(33,25(31)32)14-5-15-27/h6-13,17,33-34H,2-5,14-16,27H2,1H3,(H,31,32)/t26-/m1/s1. The number of hydroxylamine groups is 2. The maximum atomic E-state index is 12.6. The van der Waals surface area contributed by atoms with Crippen molar-refractivity contribution >= 4 is 11.9 Å². The fraction of sp³-hybridized carbons (Fsp3) is 0.346. The monoisotopic (exact) mass is 497 g/mol. The number of nitrogens with zero attached hydrogens (tertiary/aromatic N) is 2. The molecule has 1 amide bonds. The Balaban J connectivity index is 1.68. The van der Waals surface area contributed by atoms with E-state index < -0.39 is 24.0 Å². The second-order valence-corrected chi connectivity index (χ2v) is 8.36. The van der Waals surface area contributed by atoms with Gasteiger partial charge in [-0.3, -0.25) is 10.0 Å². The van der Waals surface area contributed by atoms with Crippen molar-refractivity contribution in [1.82, 2.24) is 10.2 Å². The number of hydrogen-bond donors (Lipinski definition) is 4. The first-order valence-corrected chi connectivity index (χ1v) is 11.8. The zero-order chi connectivity index (χ0) is 26.1. The summed E-state index contributed by atoms with van der Waals surface area (Å²) in [5.41, 5.74) is 4.53. The van der Waals surface area contributed by atoms with Gasteiger partial charge in [0.2, 0.25) is 0 Å². The number of carbonyl (C=O) groups excluding carboxylic acids is 1. The van der Waals surface area contributed by atoms with Crippen LogP contribution in [-0.4, -0.2) is 56.4 Å². The molecule has 0 bridgehead atoms. The van der Waals surface area contributed by atoms with Crippen molar-refractivity contribution in [1.29, 1.82) is 0 Å². The summed E-state index contributed by atoms with van der Waals surface area (Å²) in [6, 6.07) is 15.2. The number of aromatic nitrogens is 1. The number of nitrogens with two attached hydrogens (primary N) is 1. The highest BCUT2D eigenvalue weighted by Crippen LogP contribution is 2.28. The highest BCUT2D eigenvalue weighted by Gasteiger charge is 2.45. The van der Waals surface area contributed by atoms with Crippen molar-refractivity contribution in [3.05, 3.63) is 60.2 Å². The SMILES string of the molecule is CCCCCOc1ccc(-c2cc(-c3ccc(C(=O)N(O)[C@@](O)(CCCN)C(=O)O)cc3)no2)cc1. The van der Waals surface area contributed by atoms with Crippen LogP contribution in [0.4, 0.5) is 0 Å². The zero-order valence-electron chi connectivity index (χ0n) is 20.1. The van der Waals surface area contributed by atoms with Gasteiger partial charge in [-0.1, -0.05) is 37.1 Å². The number of carboxylic acids is 1. The number of carbonyl (C=O) groups is 2. The minimum Gasteiger partial charge on any atom is -0.494 e. The second kappa shape index (κ2) is 12.3. The average Bonchev–Trinajstić information content (AvgIpc) is 3.39.